The highest BCUT2D eigenvalue weighted by molar-refractivity contribution is 6.10. The Morgan fingerprint density at radius 1 is 0.684 bits per heavy atom. The summed E-state index contributed by atoms with van der Waals surface area (Å²) in [5.41, 5.74) is 4.24. The zero-order valence-corrected chi connectivity index (χ0v) is 12.1. The predicted octanol–water partition coefficient (Wildman–Crippen LogP) is 5.73. The third-order valence-electron chi connectivity index (χ3n) is 4.30. The van der Waals surface area contributed by atoms with Gasteiger partial charge in [0.15, 0.2) is 0 Å². The van der Waals surface area contributed by atoms with Crippen molar-refractivity contribution >= 4 is 21.5 Å². The maximum absolute atomic E-state index is 2.37. The molecule has 0 unspecified atom stereocenters. The van der Waals surface area contributed by atoms with Gasteiger partial charge in [-0.15, -0.1) is 0 Å². The standard InChI is InChI=1S/C19H20/c1-12(2)15-9-10-18-17-8-6-5-7-16(17)13(3)14(4)19(18)11-15/h5-12H,1-4H3. The highest BCUT2D eigenvalue weighted by Crippen LogP contribution is 2.33. The van der Waals surface area contributed by atoms with Crippen LogP contribution in [0.15, 0.2) is 42.5 Å². The van der Waals surface area contributed by atoms with E-state index in [2.05, 4.69) is 70.2 Å². The number of hydrogen-bond acceptors (Lipinski definition) is 0. The van der Waals surface area contributed by atoms with Crippen molar-refractivity contribution in [3.8, 4) is 0 Å². The van der Waals surface area contributed by atoms with E-state index in [1.54, 1.807) is 0 Å². The van der Waals surface area contributed by atoms with Crippen LogP contribution in [0.2, 0.25) is 0 Å². The van der Waals surface area contributed by atoms with Gasteiger partial charge in [-0.1, -0.05) is 56.3 Å². The van der Waals surface area contributed by atoms with Crippen LogP contribution in [0, 0.1) is 13.8 Å². The SMILES string of the molecule is Cc1c(C)c2cc(C(C)C)ccc2c2ccccc12. The van der Waals surface area contributed by atoms with Crippen molar-refractivity contribution in [2.75, 3.05) is 0 Å². The molecule has 0 aliphatic carbocycles. The number of hydrogen-bond donors (Lipinski definition) is 0. The van der Waals surface area contributed by atoms with Crippen molar-refractivity contribution < 1.29 is 0 Å². The lowest BCUT2D eigenvalue weighted by Gasteiger charge is -2.14. The van der Waals surface area contributed by atoms with E-state index in [-0.39, 0.29) is 0 Å². The van der Waals surface area contributed by atoms with Crippen molar-refractivity contribution in [2.24, 2.45) is 0 Å². The van der Waals surface area contributed by atoms with Gasteiger partial charge in [-0.2, -0.15) is 0 Å². The van der Waals surface area contributed by atoms with Crippen LogP contribution in [0.4, 0.5) is 0 Å². The van der Waals surface area contributed by atoms with E-state index in [4.69, 9.17) is 0 Å². The van der Waals surface area contributed by atoms with E-state index < -0.39 is 0 Å². The normalized spacial score (nSPS) is 11.6. The molecule has 0 heterocycles. The van der Waals surface area contributed by atoms with Gasteiger partial charge < -0.3 is 0 Å². The number of fused-ring (bicyclic) bond motifs is 3. The Balaban J connectivity index is 2.50. The summed E-state index contributed by atoms with van der Waals surface area (Å²) in [7, 11) is 0. The smallest absolute Gasteiger partial charge is 0.0102 e. The fraction of sp³-hybridized carbons (Fsp3) is 0.263. The quantitative estimate of drug-likeness (QED) is 0.482. The molecule has 0 fully saturated rings. The average molecular weight is 248 g/mol. The topological polar surface area (TPSA) is 0 Å². The highest BCUT2D eigenvalue weighted by atomic mass is 14.1. The van der Waals surface area contributed by atoms with E-state index >= 15 is 0 Å². The summed E-state index contributed by atoms with van der Waals surface area (Å²) in [6.07, 6.45) is 0. The minimum absolute atomic E-state index is 0.579. The zero-order chi connectivity index (χ0) is 13.6. The molecule has 0 atom stereocenters. The van der Waals surface area contributed by atoms with Crippen LogP contribution >= 0.6 is 0 Å². The van der Waals surface area contributed by atoms with Gasteiger partial charge in [-0.05, 0) is 58.0 Å². The van der Waals surface area contributed by atoms with Crippen molar-refractivity contribution in [3.05, 3.63) is 59.2 Å². The fourth-order valence-electron chi connectivity index (χ4n) is 2.92. The average Bonchev–Trinajstić information content (AvgIpc) is 2.44. The number of rotatable bonds is 1. The summed E-state index contributed by atoms with van der Waals surface area (Å²) in [6.45, 7) is 8.99. The molecule has 0 bridgehead atoms. The first-order valence-corrected chi connectivity index (χ1v) is 7.01. The molecule has 0 aliphatic rings. The summed E-state index contributed by atoms with van der Waals surface area (Å²) in [4.78, 5) is 0. The van der Waals surface area contributed by atoms with Crippen molar-refractivity contribution in [3.63, 3.8) is 0 Å². The molecule has 0 heteroatoms. The van der Waals surface area contributed by atoms with Gasteiger partial charge in [-0.25, -0.2) is 0 Å². The van der Waals surface area contributed by atoms with Crippen molar-refractivity contribution in [1.29, 1.82) is 0 Å². The minimum atomic E-state index is 0.579. The first kappa shape index (κ1) is 12.2. The Labute approximate surface area is 115 Å². The molecule has 0 aliphatic heterocycles. The number of benzene rings is 3. The van der Waals surface area contributed by atoms with Gasteiger partial charge in [0.05, 0.1) is 0 Å². The van der Waals surface area contributed by atoms with Crippen LogP contribution < -0.4 is 0 Å². The lowest BCUT2D eigenvalue weighted by atomic mass is 9.90. The van der Waals surface area contributed by atoms with Crippen LogP contribution in [0.1, 0.15) is 36.5 Å². The molecule has 0 spiro atoms. The molecule has 0 nitrogen and oxygen atoms in total. The van der Waals surface area contributed by atoms with Gasteiger partial charge in [0, 0.05) is 0 Å². The van der Waals surface area contributed by atoms with E-state index in [0.29, 0.717) is 5.92 Å². The summed E-state index contributed by atoms with van der Waals surface area (Å²) in [6, 6.07) is 15.7. The Morgan fingerprint density at radius 2 is 1.26 bits per heavy atom. The van der Waals surface area contributed by atoms with Crippen LogP contribution in [0.25, 0.3) is 21.5 Å². The van der Waals surface area contributed by atoms with Crippen LogP contribution in [-0.2, 0) is 0 Å². The van der Waals surface area contributed by atoms with Gasteiger partial charge in [0.1, 0.15) is 0 Å². The second kappa shape index (κ2) is 4.38. The molecule has 3 aromatic rings. The molecule has 3 rings (SSSR count). The Bertz CT molecular complexity index is 764. The molecule has 0 amide bonds. The highest BCUT2D eigenvalue weighted by Gasteiger charge is 2.09. The molecule has 0 N–H and O–H groups in total. The first-order chi connectivity index (χ1) is 9.09. The summed E-state index contributed by atoms with van der Waals surface area (Å²) < 4.78 is 0. The molecule has 0 saturated heterocycles. The zero-order valence-electron chi connectivity index (χ0n) is 12.1. The second-order valence-electron chi connectivity index (χ2n) is 5.76. The van der Waals surface area contributed by atoms with Gasteiger partial charge in [-0.3, -0.25) is 0 Å². The predicted molar refractivity (Wildman–Crippen MR) is 85.0 cm³/mol. The molecule has 0 radical (unpaired) electrons. The molecular formula is C19H20. The Hall–Kier alpha value is -1.82. The summed E-state index contributed by atoms with van der Waals surface area (Å²) >= 11 is 0. The third-order valence-corrected chi connectivity index (χ3v) is 4.30. The summed E-state index contributed by atoms with van der Waals surface area (Å²) in [5.74, 6) is 0.579. The molecule has 19 heavy (non-hydrogen) atoms. The lowest BCUT2D eigenvalue weighted by molar-refractivity contribution is 0.868. The van der Waals surface area contributed by atoms with E-state index in [1.165, 1.54) is 38.2 Å². The molecule has 96 valence electrons. The largest absolute Gasteiger partial charge is 0.0616 e. The second-order valence-corrected chi connectivity index (χ2v) is 5.76. The Kier molecular flexibility index (Phi) is 2.82. The third kappa shape index (κ3) is 1.83. The monoisotopic (exact) mass is 248 g/mol. The van der Waals surface area contributed by atoms with Crippen molar-refractivity contribution in [2.45, 2.75) is 33.6 Å². The minimum Gasteiger partial charge on any atom is -0.0616 e. The lowest BCUT2D eigenvalue weighted by Crippen LogP contribution is -1.92. The van der Waals surface area contributed by atoms with E-state index in [9.17, 15) is 0 Å². The van der Waals surface area contributed by atoms with Crippen LogP contribution in [-0.4, -0.2) is 0 Å². The summed E-state index contributed by atoms with van der Waals surface area (Å²) in [5, 5.41) is 5.53. The maximum Gasteiger partial charge on any atom is -0.0102 e. The maximum atomic E-state index is 2.37. The Morgan fingerprint density at radius 3 is 1.95 bits per heavy atom. The molecular weight excluding hydrogens is 228 g/mol. The van der Waals surface area contributed by atoms with E-state index in [0.717, 1.165) is 0 Å². The first-order valence-electron chi connectivity index (χ1n) is 7.01. The van der Waals surface area contributed by atoms with Crippen LogP contribution in [0.3, 0.4) is 0 Å². The van der Waals surface area contributed by atoms with Gasteiger partial charge in [0.2, 0.25) is 0 Å². The molecule has 0 aromatic heterocycles. The molecule has 0 saturated carbocycles. The molecule has 3 aromatic carbocycles. The van der Waals surface area contributed by atoms with E-state index in [1.807, 2.05) is 0 Å². The fourth-order valence-corrected chi connectivity index (χ4v) is 2.92. The van der Waals surface area contributed by atoms with Gasteiger partial charge >= 0.3 is 0 Å². The van der Waals surface area contributed by atoms with Crippen LogP contribution in [0.5, 0.6) is 0 Å². The van der Waals surface area contributed by atoms with Crippen molar-refractivity contribution in [1.82, 2.24) is 0 Å². The number of aryl methyl sites for hydroxylation is 2. The van der Waals surface area contributed by atoms with Gasteiger partial charge in [0.25, 0.3) is 0 Å².